The monoisotopic (exact) mass is 218 g/mol. The van der Waals surface area contributed by atoms with Gasteiger partial charge in [0.15, 0.2) is 0 Å². The molecule has 86 valence electrons. The molecular formula is C14H18O2. The molecule has 1 atom stereocenters. The third kappa shape index (κ3) is 3.30. The molecule has 1 rings (SSSR count). The van der Waals surface area contributed by atoms with Gasteiger partial charge < -0.3 is 0 Å². The summed E-state index contributed by atoms with van der Waals surface area (Å²) in [4.78, 5) is 23.5. The maximum atomic E-state index is 11.8. The number of rotatable bonds is 5. The van der Waals surface area contributed by atoms with Gasteiger partial charge in [0.2, 0.25) is 0 Å². The van der Waals surface area contributed by atoms with Crippen molar-refractivity contribution in [1.29, 1.82) is 0 Å². The van der Waals surface area contributed by atoms with Crippen molar-refractivity contribution in [2.45, 2.75) is 27.2 Å². The summed E-state index contributed by atoms with van der Waals surface area (Å²) >= 11 is 0. The highest BCUT2D eigenvalue weighted by molar-refractivity contribution is 6.03. The van der Waals surface area contributed by atoms with Crippen LogP contribution in [0.15, 0.2) is 30.3 Å². The highest BCUT2D eigenvalue weighted by Crippen LogP contribution is 2.11. The Bertz CT molecular complexity index is 366. The summed E-state index contributed by atoms with van der Waals surface area (Å²) in [6.45, 7) is 5.36. The Morgan fingerprint density at radius 1 is 1.06 bits per heavy atom. The first-order valence-corrected chi connectivity index (χ1v) is 5.62. The Kier molecular flexibility index (Phi) is 4.41. The highest BCUT2D eigenvalue weighted by atomic mass is 16.1. The van der Waals surface area contributed by atoms with Crippen LogP contribution in [0, 0.1) is 11.8 Å². The number of carbonyl (C=O) groups is 2. The van der Waals surface area contributed by atoms with E-state index in [1.54, 1.807) is 6.92 Å². The summed E-state index contributed by atoms with van der Waals surface area (Å²) < 4.78 is 0. The van der Waals surface area contributed by atoms with Gasteiger partial charge in [-0.05, 0) is 12.5 Å². The molecule has 2 nitrogen and oxygen atoms in total. The molecule has 0 aliphatic rings. The molecule has 0 aliphatic carbocycles. The summed E-state index contributed by atoms with van der Waals surface area (Å²) in [6, 6.07) is 9.53. The van der Waals surface area contributed by atoms with Crippen LogP contribution in [0.1, 0.15) is 26.3 Å². The maximum absolute atomic E-state index is 11.8. The molecule has 0 saturated carbocycles. The van der Waals surface area contributed by atoms with Crippen molar-refractivity contribution >= 4 is 11.6 Å². The van der Waals surface area contributed by atoms with Crippen molar-refractivity contribution in [3.05, 3.63) is 35.9 Å². The number of benzene rings is 1. The SMILES string of the molecule is CC(C)C(=O)C(C)C(=O)Cc1ccccc1. The predicted octanol–water partition coefficient (Wildman–Crippen LogP) is 2.66. The van der Waals surface area contributed by atoms with E-state index in [4.69, 9.17) is 0 Å². The predicted molar refractivity (Wildman–Crippen MR) is 64.2 cm³/mol. The van der Waals surface area contributed by atoms with Crippen molar-refractivity contribution in [2.75, 3.05) is 0 Å². The minimum atomic E-state index is -0.486. The number of hydrogen-bond acceptors (Lipinski definition) is 2. The molecule has 16 heavy (non-hydrogen) atoms. The Hall–Kier alpha value is -1.44. The van der Waals surface area contributed by atoms with Gasteiger partial charge >= 0.3 is 0 Å². The van der Waals surface area contributed by atoms with E-state index in [2.05, 4.69) is 0 Å². The number of ketones is 2. The Labute approximate surface area is 96.7 Å². The summed E-state index contributed by atoms with van der Waals surface area (Å²) in [5.41, 5.74) is 0.968. The Balaban J connectivity index is 2.63. The molecule has 1 aromatic rings. The Morgan fingerprint density at radius 3 is 2.12 bits per heavy atom. The smallest absolute Gasteiger partial charge is 0.147 e. The second-order valence-corrected chi connectivity index (χ2v) is 4.41. The molecule has 0 fully saturated rings. The van der Waals surface area contributed by atoms with E-state index in [-0.39, 0.29) is 17.5 Å². The van der Waals surface area contributed by atoms with E-state index in [1.165, 1.54) is 0 Å². The summed E-state index contributed by atoms with van der Waals surface area (Å²) in [6.07, 6.45) is 0.348. The van der Waals surface area contributed by atoms with E-state index < -0.39 is 5.92 Å². The molecule has 0 heterocycles. The van der Waals surface area contributed by atoms with Gasteiger partial charge in [-0.25, -0.2) is 0 Å². The standard InChI is InChI=1S/C14H18O2/c1-10(2)14(16)11(3)13(15)9-12-7-5-4-6-8-12/h4-8,10-11H,9H2,1-3H3. The van der Waals surface area contributed by atoms with Crippen molar-refractivity contribution in [1.82, 2.24) is 0 Å². The molecule has 0 aromatic heterocycles. The zero-order chi connectivity index (χ0) is 12.1. The minimum Gasteiger partial charge on any atom is -0.299 e. The quantitative estimate of drug-likeness (QED) is 0.712. The third-order valence-corrected chi connectivity index (χ3v) is 2.70. The molecular weight excluding hydrogens is 200 g/mol. The summed E-state index contributed by atoms with van der Waals surface area (Å²) in [5.74, 6) is -0.527. The molecule has 0 N–H and O–H groups in total. The van der Waals surface area contributed by atoms with Gasteiger partial charge in [0.1, 0.15) is 11.6 Å². The fourth-order valence-electron chi connectivity index (χ4n) is 1.61. The van der Waals surface area contributed by atoms with Crippen LogP contribution in [0.2, 0.25) is 0 Å². The van der Waals surface area contributed by atoms with Crippen molar-refractivity contribution in [2.24, 2.45) is 11.8 Å². The molecule has 1 aromatic carbocycles. The molecule has 2 heteroatoms. The first-order valence-electron chi connectivity index (χ1n) is 5.62. The van der Waals surface area contributed by atoms with Gasteiger partial charge in [-0.3, -0.25) is 9.59 Å². The van der Waals surface area contributed by atoms with Crippen LogP contribution in [-0.4, -0.2) is 11.6 Å². The third-order valence-electron chi connectivity index (χ3n) is 2.70. The molecule has 0 bridgehead atoms. The topological polar surface area (TPSA) is 34.1 Å². The van der Waals surface area contributed by atoms with E-state index >= 15 is 0 Å². The van der Waals surface area contributed by atoms with Crippen LogP contribution in [0.3, 0.4) is 0 Å². The van der Waals surface area contributed by atoms with Gasteiger partial charge in [0, 0.05) is 12.3 Å². The molecule has 1 unspecified atom stereocenters. The minimum absolute atomic E-state index is 0.00454. The molecule has 0 spiro atoms. The van der Waals surface area contributed by atoms with Crippen molar-refractivity contribution in [3.8, 4) is 0 Å². The number of Topliss-reactive ketones (excluding diaryl/α,β-unsaturated/α-hetero) is 2. The van der Waals surface area contributed by atoms with E-state index in [1.807, 2.05) is 44.2 Å². The van der Waals surface area contributed by atoms with Gasteiger partial charge in [-0.1, -0.05) is 44.2 Å². The zero-order valence-electron chi connectivity index (χ0n) is 10.1. The highest BCUT2D eigenvalue weighted by Gasteiger charge is 2.23. The molecule has 0 saturated heterocycles. The van der Waals surface area contributed by atoms with Crippen LogP contribution < -0.4 is 0 Å². The lowest BCUT2D eigenvalue weighted by Crippen LogP contribution is -2.26. The lowest BCUT2D eigenvalue weighted by Gasteiger charge is -2.11. The van der Waals surface area contributed by atoms with Crippen LogP contribution in [0.25, 0.3) is 0 Å². The first-order chi connectivity index (χ1) is 7.52. The van der Waals surface area contributed by atoms with Crippen LogP contribution in [0.5, 0.6) is 0 Å². The lowest BCUT2D eigenvalue weighted by molar-refractivity contribution is -0.133. The molecule has 0 aliphatic heterocycles. The average Bonchev–Trinajstić information content (AvgIpc) is 2.28. The van der Waals surface area contributed by atoms with Gasteiger partial charge in [-0.15, -0.1) is 0 Å². The fourth-order valence-corrected chi connectivity index (χ4v) is 1.61. The largest absolute Gasteiger partial charge is 0.299 e. The van der Waals surface area contributed by atoms with Crippen LogP contribution >= 0.6 is 0 Å². The van der Waals surface area contributed by atoms with Gasteiger partial charge in [0.05, 0.1) is 5.92 Å². The van der Waals surface area contributed by atoms with Crippen molar-refractivity contribution < 1.29 is 9.59 Å². The zero-order valence-corrected chi connectivity index (χ0v) is 10.1. The lowest BCUT2D eigenvalue weighted by atomic mass is 9.90. The van der Waals surface area contributed by atoms with Gasteiger partial charge in [-0.2, -0.15) is 0 Å². The average molecular weight is 218 g/mol. The molecule has 0 amide bonds. The first kappa shape index (κ1) is 12.6. The summed E-state index contributed by atoms with van der Waals surface area (Å²) in [7, 11) is 0. The number of hydrogen-bond donors (Lipinski definition) is 0. The number of carbonyl (C=O) groups excluding carboxylic acids is 2. The Morgan fingerprint density at radius 2 is 1.62 bits per heavy atom. The van der Waals surface area contributed by atoms with E-state index in [0.29, 0.717) is 6.42 Å². The molecule has 0 radical (unpaired) electrons. The second-order valence-electron chi connectivity index (χ2n) is 4.41. The maximum Gasteiger partial charge on any atom is 0.147 e. The van der Waals surface area contributed by atoms with E-state index in [9.17, 15) is 9.59 Å². The van der Waals surface area contributed by atoms with Gasteiger partial charge in [0.25, 0.3) is 0 Å². The summed E-state index contributed by atoms with van der Waals surface area (Å²) in [5, 5.41) is 0. The second kappa shape index (κ2) is 5.59. The van der Waals surface area contributed by atoms with Crippen LogP contribution in [-0.2, 0) is 16.0 Å². The normalized spacial score (nSPS) is 12.5. The van der Waals surface area contributed by atoms with Crippen molar-refractivity contribution in [3.63, 3.8) is 0 Å². The fraction of sp³-hybridized carbons (Fsp3) is 0.429. The van der Waals surface area contributed by atoms with E-state index in [0.717, 1.165) is 5.56 Å². The van der Waals surface area contributed by atoms with Crippen LogP contribution in [0.4, 0.5) is 0 Å².